The molecule has 1 heterocycles. The van der Waals surface area contributed by atoms with Crippen LogP contribution in [0.3, 0.4) is 0 Å². The molecular weight excluding hydrogens is 234 g/mol. The van der Waals surface area contributed by atoms with Gasteiger partial charge in [0.2, 0.25) is 0 Å². The summed E-state index contributed by atoms with van der Waals surface area (Å²) in [7, 11) is 0. The summed E-state index contributed by atoms with van der Waals surface area (Å²) in [6.07, 6.45) is 4.18. The van der Waals surface area contributed by atoms with Crippen molar-refractivity contribution in [2.24, 2.45) is 11.8 Å². The van der Waals surface area contributed by atoms with Crippen molar-refractivity contribution in [3.8, 4) is 5.75 Å². The second-order valence-electron chi connectivity index (χ2n) is 6.16. The fraction of sp³-hybridized carbons (Fsp3) is 0.706. The van der Waals surface area contributed by atoms with E-state index >= 15 is 0 Å². The van der Waals surface area contributed by atoms with E-state index in [1.807, 2.05) is 12.3 Å². The number of aromatic nitrogens is 1. The van der Waals surface area contributed by atoms with Crippen molar-refractivity contribution >= 4 is 0 Å². The lowest BCUT2D eigenvalue weighted by atomic mass is 9.96. The van der Waals surface area contributed by atoms with Crippen molar-refractivity contribution in [1.82, 2.24) is 4.98 Å². The number of rotatable bonds is 7. The zero-order valence-electron chi connectivity index (χ0n) is 13.4. The van der Waals surface area contributed by atoms with E-state index in [4.69, 9.17) is 4.74 Å². The topological polar surface area (TPSA) is 22.1 Å². The van der Waals surface area contributed by atoms with Crippen LogP contribution in [0.2, 0.25) is 0 Å². The smallest absolute Gasteiger partial charge is 0.126 e. The molecule has 2 unspecified atom stereocenters. The molecule has 0 aliphatic carbocycles. The Labute approximate surface area is 118 Å². The largest absolute Gasteiger partial charge is 0.493 e. The van der Waals surface area contributed by atoms with E-state index in [1.165, 1.54) is 12.0 Å². The Morgan fingerprint density at radius 3 is 2.47 bits per heavy atom. The Bertz CT molecular complexity index is 387. The molecule has 0 N–H and O–H groups in total. The molecule has 0 aliphatic rings. The van der Waals surface area contributed by atoms with E-state index in [0.717, 1.165) is 30.4 Å². The van der Waals surface area contributed by atoms with Crippen molar-refractivity contribution in [2.75, 3.05) is 6.61 Å². The minimum Gasteiger partial charge on any atom is -0.493 e. The number of aryl methyl sites for hydroxylation is 1. The molecule has 1 aromatic heterocycles. The van der Waals surface area contributed by atoms with Gasteiger partial charge >= 0.3 is 0 Å². The van der Waals surface area contributed by atoms with Gasteiger partial charge in [0.25, 0.3) is 0 Å². The lowest BCUT2D eigenvalue weighted by Gasteiger charge is -2.20. The molecule has 0 saturated heterocycles. The minimum absolute atomic E-state index is 0.504. The molecule has 2 atom stereocenters. The maximum absolute atomic E-state index is 6.06. The molecule has 0 amide bonds. The molecular formula is C17H29NO. The molecule has 0 saturated carbocycles. The lowest BCUT2D eigenvalue weighted by molar-refractivity contribution is 0.236. The summed E-state index contributed by atoms with van der Waals surface area (Å²) in [6, 6.07) is 2.01. The van der Waals surface area contributed by atoms with Crippen LogP contribution in [0.5, 0.6) is 5.75 Å². The summed E-state index contributed by atoms with van der Waals surface area (Å²) in [5, 5.41) is 0. The van der Waals surface area contributed by atoms with Gasteiger partial charge in [-0.05, 0) is 43.6 Å². The van der Waals surface area contributed by atoms with E-state index < -0.39 is 0 Å². The number of hydrogen-bond acceptors (Lipinski definition) is 2. The van der Waals surface area contributed by atoms with Gasteiger partial charge in [-0.2, -0.15) is 0 Å². The van der Waals surface area contributed by atoms with E-state index in [1.54, 1.807) is 0 Å². The first-order valence-electron chi connectivity index (χ1n) is 7.53. The molecule has 108 valence electrons. The highest BCUT2D eigenvalue weighted by Gasteiger charge is 2.15. The highest BCUT2D eigenvalue weighted by atomic mass is 16.5. The fourth-order valence-corrected chi connectivity index (χ4v) is 2.59. The van der Waals surface area contributed by atoms with Crippen molar-refractivity contribution in [1.29, 1.82) is 0 Å². The first kappa shape index (κ1) is 16.0. The van der Waals surface area contributed by atoms with Crippen LogP contribution in [0, 0.1) is 18.8 Å². The Hall–Kier alpha value is -1.05. The lowest BCUT2D eigenvalue weighted by Crippen LogP contribution is -2.13. The SMILES string of the molecule is CCC(C)c1c(OCC(C)CC(C)C)ccnc1C. The van der Waals surface area contributed by atoms with Crippen molar-refractivity contribution in [2.45, 2.75) is 60.3 Å². The Balaban J connectivity index is 2.75. The molecule has 0 aliphatic heterocycles. The van der Waals surface area contributed by atoms with Crippen molar-refractivity contribution < 1.29 is 4.74 Å². The minimum atomic E-state index is 0.504. The van der Waals surface area contributed by atoms with Gasteiger partial charge in [0, 0.05) is 17.5 Å². The fourth-order valence-electron chi connectivity index (χ4n) is 2.59. The predicted molar refractivity (Wildman–Crippen MR) is 81.8 cm³/mol. The molecule has 0 bridgehead atoms. The molecule has 2 heteroatoms. The third-order valence-electron chi connectivity index (χ3n) is 3.65. The van der Waals surface area contributed by atoms with Crippen LogP contribution in [0.15, 0.2) is 12.3 Å². The summed E-state index contributed by atoms with van der Waals surface area (Å²) < 4.78 is 6.06. The zero-order valence-corrected chi connectivity index (χ0v) is 13.4. The Morgan fingerprint density at radius 2 is 1.89 bits per heavy atom. The molecule has 19 heavy (non-hydrogen) atoms. The monoisotopic (exact) mass is 263 g/mol. The van der Waals surface area contributed by atoms with Gasteiger partial charge in [-0.25, -0.2) is 0 Å². The third-order valence-corrected chi connectivity index (χ3v) is 3.65. The summed E-state index contributed by atoms with van der Waals surface area (Å²) in [6.45, 7) is 14.1. The highest BCUT2D eigenvalue weighted by Crippen LogP contribution is 2.31. The summed E-state index contributed by atoms with van der Waals surface area (Å²) in [5.74, 6) is 2.85. The molecule has 0 spiro atoms. The van der Waals surface area contributed by atoms with Crippen LogP contribution >= 0.6 is 0 Å². The van der Waals surface area contributed by atoms with E-state index in [0.29, 0.717) is 11.8 Å². The first-order chi connectivity index (χ1) is 8.95. The summed E-state index contributed by atoms with van der Waals surface area (Å²) in [4.78, 5) is 4.40. The number of pyridine rings is 1. The van der Waals surface area contributed by atoms with E-state index in [-0.39, 0.29) is 0 Å². The van der Waals surface area contributed by atoms with Crippen LogP contribution in [0.25, 0.3) is 0 Å². The van der Waals surface area contributed by atoms with Crippen LogP contribution < -0.4 is 4.74 Å². The second kappa shape index (κ2) is 7.52. The van der Waals surface area contributed by atoms with E-state index in [9.17, 15) is 0 Å². The molecule has 0 aromatic carbocycles. The molecule has 0 fully saturated rings. The Kier molecular flexibility index (Phi) is 6.33. The van der Waals surface area contributed by atoms with Gasteiger partial charge in [-0.15, -0.1) is 0 Å². The average Bonchev–Trinajstić information content (AvgIpc) is 2.34. The van der Waals surface area contributed by atoms with Gasteiger partial charge < -0.3 is 4.74 Å². The molecule has 1 aromatic rings. The zero-order chi connectivity index (χ0) is 14.4. The number of ether oxygens (including phenoxy) is 1. The Morgan fingerprint density at radius 1 is 1.21 bits per heavy atom. The summed E-state index contributed by atoms with van der Waals surface area (Å²) >= 11 is 0. The molecule has 0 radical (unpaired) electrons. The standard InChI is InChI=1S/C17H29NO/c1-7-14(5)17-15(6)18-9-8-16(17)19-11-13(4)10-12(2)3/h8-9,12-14H,7,10-11H2,1-6H3. The normalized spacial score (nSPS) is 14.5. The van der Waals surface area contributed by atoms with Crippen LogP contribution in [0.4, 0.5) is 0 Å². The second-order valence-corrected chi connectivity index (χ2v) is 6.16. The summed E-state index contributed by atoms with van der Waals surface area (Å²) in [5.41, 5.74) is 2.38. The van der Waals surface area contributed by atoms with Gasteiger partial charge in [-0.1, -0.05) is 34.6 Å². The van der Waals surface area contributed by atoms with Gasteiger partial charge in [0.1, 0.15) is 5.75 Å². The van der Waals surface area contributed by atoms with Gasteiger partial charge in [0.05, 0.1) is 6.61 Å². The maximum atomic E-state index is 6.06. The van der Waals surface area contributed by atoms with Crippen LogP contribution in [-0.4, -0.2) is 11.6 Å². The number of hydrogen-bond donors (Lipinski definition) is 0. The van der Waals surface area contributed by atoms with Crippen LogP contribution in [-0.2, 0) is 0 Å². The average molecular weight is 263 g/mol. The van der Waals surface area contributed by atoms with Crippen molar-refractivity contribution in [3.05, 3.63) is 23.5 Å². The maximum Gasteiger partial charge on any atom is 0.126 e. The van der Waals surface area contributed by atoms with Crippen LogP contribution in [0.1, 0.15) is 64.6 Å². The van der Waals surface area contributed by atoms with Gasteiger partial charge in [0.15, 0.2) is 0 Å². The quantitative estimate of drug-likeness (QED) is 0.693. The van der Waals surface area contributed by atoms with Gasteiger partial charge in [-0.3, -0.25) is 4.98 Å². The predicted octanol–water partition coefficient (Wildman–Crippen LogP) is 4.96. The highest BCUT2D eigenvalue weighted by molar-refractivity contribution is 5.38. The van der Waals surface area contributed by atoms with E-state index in [2.05, 4.69) is 46.5 Å². The first-order valence-corrected chi connectivity index (χ1v) is 7.53. The number of nitrogens with zero attached hydrogens (tertiary/aromatic N) is 1. The molecule has 1 rings (SSSR count). The third kappa shape index (κ3) is 4.85. The van der Waals surface area contributed by atoms with Crippen molar-refractivity contribution in [3.63, 3.8) is 0 Å². The molecule has 2 nitrogen and oxygen atoms in total.